The molecule has 114 valence electrons. The van der Waals surface area contributed by atoms with Crippen LogP contribution in [-0.2, 0) is 6.54 Å². The summed E-state index contributed by atoms with van der Waals surface area (Å²) in [6, 6.07) is 2.09. The summed E-state index contributed by atoms with van der Waals surface area (Å²) in [4.78, 5) is 4.38. The minimum Gasteiger partial charge on any atom is -0.477 e. The second-order valence-electron chi connectivity index (χ2n) is 5.55. The Hall–Kier alpha value is -0.610. The first-order chi connectivity index (χ1) is 9.63. The Balaban J connectivity index is 2.47. The predicted molar refractivity (Wildman–Crippen MR) is 88.1 cm³/mol. The summed E-state index contributed by atoms with van der Waals surface area (Å²) in [7, 11) is 0. The zero-order valence-corrected chi connectivity index (χ0v) is 14.5. The van der Waals surface area contributed by atoms with Crippen molar-refractivity contribution in [3.8, 4) is 5.88 Å². The van der Waals surface area contributed by atoms with Crippen molar-refractivity contribution in [2.24, 2.45) is 5.92 Å². The van der Waals surface area contributed by atoms with Crippen LogP contribution in [0.25, 0.3) is 0 Å². The average Bonchev–Trinajstić information content (AvgIpc) is 2.40. The molecule has 0 aliphatic heterocycles. The summed E-state index contributed by atoms with van der Waals surface area (Å²) in [6.07, 6.45) is 6.66. The quantitative estimate of drug-likeness (QED) is 0.633. The van der Waals surface area contributed by atoms with Gasteiger partial charge in [-0.15, -0.1) is 0 Å². The molecule has 1 aromatic rings. The highest BCUT2D eigenvalue weighted by atomic mass is 79.9. The molecule has 0 aliphatic rings. The van der Waals surface area contributed by atoms with E-state index in [4.69, 9.17) is 4.74 Å². The second kappa shape index (κ2) is 10.2. The lowest BCUT2D eigenvalue weighted by Crippen LogP contribution is -2.19. The topological polar surface area (TPSA) is 34.1 Å². The van der Waals surface area contributed by atoms with Crippen molar-refractivity contribution < 1.29 is 4.74 Å². The average molecular weight is 343 g/mol. The first-order valence-electron chi connectivity index (χ1n) is 7.61. The van der Waals surface area contributed by atoms with Gasteiger partial charge in [0.2, 0.25) is 5.88 Å². The van der Waals surface area contributed by atoms with E-state index in [1.165, 1.54) is 19.3 Å². The normalized spacial score (nSPS) is 11.1. The lowest BCUT2D eigenvalue weighted by Gasteiger charge is -2.12. The minimum atomic E-state index is 0.647. The van der Waals surface area contributed by atoms with E-state index < -0.39 is 0 Å². The van der Waals surface area contributed by atoms with Crippen molar-refractivity contribution in [3.05, 3.63) is 22.3 Å². The van der Waals surface area contributed by atoms with Crippen LogP contribution in [0.4, 0.5) is 0 Å². The molecule has 0 saturated heterocycles. The van der Waals surface area contributed by atoms with Gasteiger partial charge in [-0.05, 0) is 40.9 Å². The third kappa shape index (κ3) is 7.25. The maximum Gasteiger partial charge on any atom is 0.217 e. The molecule has 0 aliphatic carbocycles. The monoisotopic (exact) mass is 342 g/mol. The van der Waals surface area contributed by atoms with Crippen LogP contribution in [0.3, 0.4) is 0 Å². The molecule has 0 unspecified atom stereocenters. The fourth-order valence-corrected chi connectivity index (χ4v) is 2.30. The summed E-state index contributed by atoms with van der Waals surface area (Å²) >= 11 is 3.47. The van der Waals surface area contributed by atoms with E-state index in [1.807, 2.05) is 0 Å². The molecule has 4 heteroatoms. The largest absolute Gasteiger partial charge is 0.477 e. The molecule has 1 heterocycles. The minimum absolute atomic E-state index is 0.647. The Morgan fingerprint density at radius 3 is 2.80 bits per heavy atom. The fourth-order valence-electron chi connectivity index (χ4n) is 1.92. The lowest BCUT2D eigenvalue weighted by atomic mass is 10.2. The van der Waals surface area contributed by atoms with Gasteiger partial charge in [-0.2, -0.15) is 0 Å². The number of halogens is 1. The SMILES string of the molecule is CCCCCCOc1ncc(Br)cc1CNCC(C)C. The number of nitrogens with zero attached hydrogens (tertiary/aromatic N) is 1. The van der Waals surface area contributed by atoms with Gasteiger partial charge in [0.15, 0.2) is 0 Å². The number of unbranched alkanes of at least 4 members (excludes halogenated alkanes) is 3. The van der Waals surface area contributed by atoms with Gasteiger partial charge in [0.25, 0.3) is 0 Å². The number of nitrogens with one attached hydrogen (secondary N) is 1. The van der Waals surface area contributed by atoms with E-state index in [0.29, 0.717) is 5.92 Å². The summed E-state index contributed by atoms with van der Waals surface area (Å²) < 4.78 is 6.82. The zero-order valence-electron chi connectivity index (χ0n) is 12.9. The molecule has 0 saturated carbocycles. The Bertz CT molecular complexity index is 383. The molecule has 0 amide bonds. The van der Waals surface area contributed by atoms with Crippen molar-refractivity contribution in [1.29, 1.82) is 0 Å². The van der Waals surface area contributed by atoms with Gasteiger partial charge >= 0.3 is 0 Å². The highest BCUT2D eigenvalue weighted by Gasteiger charge is 2.06. The highest BCUT2D eigenvalue weighted by Crippen LogP contribution is 2.20. The lowest BCUT2D eigenvalue weighted by molar-refractivity contribution is 0.289. The van der Waals surface area contributed by atoms with E-state index in [-0.39, 0.29) is 0 Å². The Morgan fingerprint density at radius 1 is 1.30 bits per heavy atom. The first-order valence-corrected chi connectivity index (χ1v) is 8.40. The summed E-state index contributed by atoms with van der Waals surface area (Å²) in [5.74, 6) is 1.41. The summed E-state index contributed by atoms with van der Waals surface area (Å²) in [6.45, 7) is 9.19. The van der Waals surface area contributed by atoms with Crippen molar-refractivity contribution in [2.45, 2.75) is 53.0 Å². The number of hydrogen-bond acceptors (Lipinski definition) is 3. The van der Waals surface area contributed by atoms with Gasteiger partial charge in [-0.3, -0.25) is 0 Å². The maximum absolute atomic E-state index is 5.82. The van der Waals surface area contributed by atoms with Gasteiger partial charge in [0.05, 0.1) is 6.61 Å². The number of pyridine rings is 1. The van der Waals surface area contributed by atoms with E-state index in [1.54, 1.807) is 6.20 Å². The molecule has 0 bridgehead atoms. The van der Waals surface area contributed by atoms with Gasteiger partial charge in [-0.1, -0.05) is 40.0 Å². The molecule has 1 aromatic heterocycles. The van der Waals surface area contributed by atoms with E-state index in [0.717, 1.165) is 42.0 Å². The molecular weight excluding hydrogens is 316 g/mol. The Morgan fingerprint density at radius 2 is 2.10 bits per heavy atom. The van der Waals surface area contributed by atoms with Crippen LogP contribution in [0, 0.1) is 5.92 Å². The van der Waals surface area contributed by atoms with E-state index in [2.05, 4.69) is 53.1 Å². The third-order valence-electron chi connectivity index (χ3n) is 3.00. The van der Waals surface area contributed by atoms with Crippen LogP contribution in [0.5, 0.6) is 5.88 Å². The van der Waals surface area contributed by atoms with Crippen molar-refractivity contribution in [1.82, 2.24) is 10.3 Å². The molecule has 1 N–H and O–H groups in total. The second-order valence-corrected chi connectivity index (χ2v) is 6.47. The van der Waals surface area contributed by atoms with E-state index >= 15 is 0 Å². The van der Waals surface area contributed by atoms with Crippen LogP contribution in [0.15, 0.2) is 16.7 Å². The molecule has 0 atom stereocenters. The number of rotatable bonds is 10. The van der Waals surface area contributed by atoms with E-state index in [9.17, 15) is 0 Å². The van der Waals surface area contributed by atoms with Gasteiger partial charge in [0, 0.05) is 22.8 Å². The van der Waals surface area contributed by atoms with Crippen molar-refractivity contribution >= 4 is 15.9 Å². The summed E-state index contributed by atoms with van der Waals surface area (Å²) in [5.41, 5.74) is 1.12. The Kier molecular flexibility index (Phi) is 8.86. The molecule has 3 nitrogen and oxygen atoms in total. The van der Waals surface area contributed by atoms with Crippen LogP contribution in [0.2, 0.25) is 0 Å². The molecular formula is C16H27BrN2O. The summed E-state index contributed by atoms with van der Waals surface area (Å²) in [5, 5.41) is 3.44. The fraction of sp³-hybridized carbons (Fsp3) is 0.688. The molecule has 1 rings (SSSR count). The molecule has 0 fully saturated rings. The third-order valence-corrected chi connectivity index (χ3v) is 3.43. The zero-order chi connectivity index (χ0) is 14.8. The molecule has 0 radical (unpaired) electrons. The van der Waals surface area contributed by atoms with Crippen molar-refractivity contribution in [2.75, 3.05) is 13.2 Å². The van der Waals surface area contributed by atoms with Crippen molar-refractivity contribution in [3.63, 3.8) is 0 Å². The van der Waals surface area contributed by atoms with Crippen LogP contribution < -0.4 is 10.1 Å². The molecule has 0 spiro atoms. The number of aromatic nitrogens is 1. The maximum atomic E-state index is 5.82. The molecule has 20 heavy (non-hydrogen) atoms. The van der Waals surface area contributed by atoms with Crippen LogP contribution in [-0.4, -0.2) is 18.1 Å². The van der Waals surface area contributed by atoms with Gasteiger partial charge < -0.3 is 10.1 Å². The standard InChI is InChI=1S/C16H27BrN2O/c1-4-5-6-7-8-20-16-14(9-15(17)12-19-16)11-18-10-13(2)3/h9,12-13,18H,4-8,10-11H2,1-3H3. The van der Waals surface area contributed by atoms with Gasteiger partial charge in [-0.25, -0.2) is 4.98 Å². The smallest absolute Gasteiger partial charge is 0.217 e. The van der Waals surface area contributed by atoms with Gasteiger partial charge in [0.1, 0.15) is 0 Å². The van der Waals surface area contributed by atoms with Crippen LogP contribution >= 0.6 is 15.9 Å². The number of hydrogen-bond donors (Lipinski definition) is 1. The van der Waals surface area contributed by atoms with Crippen LogP contribution in [0.1, 0.15) is 52.0 Å². The predicted octanol–water partition coefficient (Wildman–Crippen LogP) is 4.55. The highest BCUT2D eigenvalue weighted by molar-refractivity contribution is 9.10. The first kappa shape index (κ1) is 17.4. The Labute approximate surface area is 131 Å². The number of ether oxygens (including phenoxy) is 1. The molecule has 0 aromatic carbocycles.